The van der Waals surface area contributed by atoms with Gasteiger partial charge in [0, 0.05) is 42.4 Å². The number of hydrogen-bond acceptors (Lipinski definition) is 12. The van der Waals surface area contributed by atoms with Crippen molar-refractivity contribution in [3.63, 3.8) is 0 Å². The van der Waals surface area contributed by atoms with Gasteiger partial charge in [-0.05, 0) is 153 Å². The lowest BCUT2D eigenvalue weighted by molar-refractivity contribution is -0.300. The number of ether oxygens (including phenoxy) is 8. The molecule has 12 heteroatoms. The molecule has 444 valence electrons. The highest BCUT2D eigenvalue weighted by atomic mass is 16.7. The average Bonchev–Trinajstić information content (AvgIpc) is 3.88. The first kappa shape index (κ1) is 61.1. The summed E-state index contributed by atoms with van der Waals surface area (Å²) in [6.45, 7) is 29.7. The molecule has 9 rings (SSSR count). The number of hydrogen-bond donors (Lipinski definition) is 0. The van der Waals surface area contributed by atoms with Crippen LogP contribution in [0.15, 0.2) is 60.7 Å². The van der Waals surface area contributed by atoms with Crippen LogP contribution in [-0.2, 0) is 47.5 Å². The summed E-state index contributed by atoms with van der Waals surface area (Å²) in [5, 5.41) is 0. The van der Waals surface area contributed by atoms with Gasteiger partial charge in [0.15, 0.2) is 25.0 Å². The highest BCUT2D eigenvalue weighted by Gasteiger charge is 2.64. The van der Waals surface area contributed by atoms with Crippen LogP contribution in [0.1, 0.15) is 188 Å². The first-order valence-electron chi connectivity index (χ1n) is 31.6. The van der Waals surface area contributed by atoms with E-state index in [0.717, 1.165) is 51.4 Å². The van der Waals surface area contributed by atoms with Gasteiger partial charge in [-0.15, -0.1) is 0 Å². The minimum absolute atomic E-state index is 0.0531. The first-order valence-corrected chi connectivity index (χ1v) is 31.6. The number of carbonyl (C=O) groups excluding carboxylic acids is 4. The van der Waals surface area contributed by atoms with Gasteiger partial charge in [0.25, 0.3) is 0 Å². The first-order chi connectivity index (χ1) is 38.2. The molecular formula is C68H100O12. The molecular weight excluding hydrogens is 1010 g/mol. The zero-order chi connectivity index (χ0) is 57.4. The Morgan fingerprint density at radius 2 is 1.18 bits per heavy atom. The van der Waals surface area contributed by atoms with Crippen molar-refractivity contribution in [3.05, 3.63) is 71.8 Å². The van der Waals surface area contributed by atoms with Crippen LogP contribution in [0, 0.1) is 93.7 Å². The van der Waals surface area contributed by atoms with Crippen LogP contribution in [-0.4, -0.2) is 92.2 Å². The van der Waals surface area contributed by atoms with E-state index < -0.39 is 30.4 Å². The largest absolute Gasteiger partial charge is 0.454 e. The molecule has 0 amide bonds. The van der Waals surface area contributed by atoms with Gasteiger partial charge in [0.05, 0.1) is 48.8 Å². The van der Waals surface area contributed by atoms with Crippen LogP contribution in [0.2, 0.25) is 0 Å². The maximum absolute atomic E-state index is 14.4. The molecule has 4 aliphatic carbocycles. The summed E-state index contributed by atoms with van der Waals surface area (Å²) in [4.78, 5) is 55.9. The quantitative estimate of drug-likeness (QED) is 0.0976. The second kappa shape index (κ2) is 25.8. The Kier molecular flexibility index (Phi) is 19.7. The molecule has 3 aliphatic heterocycles. The van der Waals surface area contributed by atoms with Gasteiger partial charge in [0.1, 0.15) is 17.7 Å². The molecule has 2 aromatic rings. The Morgan fingerprint density at radius 1 is 0.613 bits per heavy atom. The number of benzene rings is 2. The summed E-state index contributed by atoms with van der Waals surface area (Å²) in [5.41, 5.74) is 0.743. The lowest BCUT2D eigenvalue weighted by atomic mass is 9.44. The third-order valence-corrected chi connectivity index (χ3v) is 23.0. The zero-order valence-corrected chi connectivity index (χ0v) is 50.9. The summed E-state index contributed by atoms with van der Waals surface area (Å²) in [7, 11) is 0. The van der Waals surface area contributed by atoms with E-state index in [4.69, 9.17) is 37.9 Å². The summed E-state index contributed by atoms with van der Waals surface area (Å²) < 4.78 is 52.5. The van der Waals surface area contributed by atoms with Crippen molar-refractivity contribution in [3.8, 4) is 0 Å². The van der Waals surface area contributed by atoms with E-state index in [-0.39, 0.29) is 95.6 Å². The van der Waals surface area contributed by atoms with Crippen LogP contribution in [0.25, 0.3) is 0 Å². The topological polar surface area (TPSA) is 142 Å². The molecule has 25 atom stereocenters. The third kappa shape index (κ3) is 12.3. The highest BCUT2D eigenvalue weighted by molar-refractivity contribution is 5.92. The number of rotatable bonds is 19. The summed E-state index contributed by atoms with van der Waals surface area (Å²) in [6, 6.07) is 17.5. The predicted molar refractivity (Wildman–Crippen MR) is 307 cm³/mol. The molecule has 7 aliphatic rings. The maximum atomic E-state index is 14.4. The molecule has 80 heavy (non-hydrogen) atoms. The SMILES string of the molecule is CCC1O[C@@H](OCC2O[C@@H](OC3CCC4(C)C(CCC5C4CCC4(C)C5CC(=O)C4[C@H](C)C(=O)CC[C@H](C)CO[C@@H]4OC(CC)[C@H](C)[C@H](OC(=O)c5ccccc5)C4OC(=O)c4ccccc4)C3)C(C)[C@@H](C)[C@@H]2C)C(C)[C@@H](C)[C@@H]1C. The summed E-state index contributed by atoms with van der Waals surface area (Å²) in [6.07, 6.45) is 7.24. The van der Waals surface area contributed by atoms with Crippen LogP contribution < -0.4 is 0 Å². The number of carbonyl (C=O) groups is 4. The van der Waals surface area contributed by atoms with E-state index in [0.29, 0.717) is 96.7 Å². The van der Waals surface area contributed by atoms with Gasteiger partial charge < -0.3 is 37.9 Å². The molecule has 14 unspecified atom stereocenters. The van der Waals surface area contributed by atoms with Crippen molar-refractivity contribution in [2.45, 2.75) is 223 Å². The molecule has 0 radical (unpaired) electrons. The van der Waals surface area contributed by atoms with E-state index in [1.54, 1.807) is 48.5 Å². The van der Waals surface area contributed by atoms with Gasteiger partial charge in [0.2, 0.25) is 0 Å². The van der Waals surface area contributed by atoms with Crippen LogP contribution >= 0.6 is 0 Å². The molecule has 3 heterocycles. The Labute approximate surface area is 479 Å². The van der Waals surface area contributed by atoms with Crippen molar-refractivity contribution >= 4 is 23.5 Å². The Bertz CT molecular complexity index is 2400. The number of fused-ring (bicyclic) bond motifs is 5. The van der Waals surface area contributed by atoms with Gasteiger partial charge in [-0.2, -0.15) is 0 Å². The molecule has 2 aromatic carbocycles. The normalized spacial score (nSPS) is 42.5. The van der Waals surface area contributed by atoms with Crippen molar-refractivity contribution in [2.75, 3.05) is 13.2 Å². The molecule has 12 nitrogen and oxygen atoms in total. The van der Waals surface area contributed by atoms with Gasteiger partial charge in [-0.3, -0.25) is 9.59 Å². The lowest BCUT2D eigenvalue weighted by Crippen LogP contribution is -2.57. The molecule has 7 fully saturated rings. The van der Waals surface area contributed by atoms with E-state index >= 15 is 0 Å². The molecule has 4 saturated carbocycles. The third-order valence-electron chi connectivity index (χ3n) is 23.0. The Morgan fingerprint density at radius 3 is 1.81 bits per heavy atom. The minimum atomic E-state index is -1.05. The maximum Gasteiger partial charge on any atom is 0.338 e. The molecule has 0 spiro atoms. The average molecular weight is 1110 g/mol. The molecule has 3 saturated heterocycles. The summed E-state index contributed by atoms with van der Waals surface area (Å²) in [5.74, 6) is 2.60. The van der Waals surface area contributed by atoms with Gasteiger partial charge in [-0.1, -0.05) is 126 Å². The van der Waals surface area contributed by atoms with Crippen molar-refractivity contribution < 1.29 is 57.1 Å². The number of esters is 2. The Balaban J connectivity index is 0.782. The lowest BCUT2D eigenvalue weighted by Gasteiger charge is -2.61. The van der Waals surface area contributed by atoms with Crippen molar-refractivity contribution in [2.24, 2.45) is 93.7 Å². The minimum Gasteiger partial charge on any atom is -0.454 e. The number of Topliss-reactive ketones (excluding diaryl/α,β-unsaturated/α-hetero) is 2. The van der Waals surface area contributed by atoms with Crippen LogP contribution in [0.5, 0.6) is 0 Å². The fourth-order valence-electron chi connectivity index (χ4n) is 17.0. The van der Waals surface area contributed by atoms with E-state index in [1.165, 1.54) is 0 Å². The van der Waals surface area contributed by atoms with Crippen LogP contribution in [0.4, 0.5) is 0 Å². The van der Waals surface area contributed by atoms with E-state index in [1.807, 2.05) is 39.8 Å². The monoisotopic (exact) mass is 1110 g/mol. The van der Waals surface area contributed by atoms with Gasteiger partial charge >= 0.3 is 11.9 Å². The molecule has 0 N–H and O–H groups in total. The molecule has 0 aromatic heterocycles. The predicted octanol–water partition coefficient (Wildman–Crippen LogP) is 13.8. The fraction of sp³-hybridized carbons (Fsp3) is 0.765. The second-order valence-electron chi connectivity index (χ2n) is 27.4. The van der Waals surface area contributed by atoms with E-state index in [9.17, 15) is 19.2 Å². The van der Waals surface area contributed by atoms with Crippen molar-refractivity contribution in [1.29, 1.82) is 0 Å². The standard InChI is InChI=1S/C68H100O12/c1-14-56-41(6)39(4)43(8)64(76-56)74-37-58-42(7)40(5)44(9)65(78-58)75-50-30-32-67(12)49(34-50)27-28-51-52(67)31-33-68(13)53(51)35-55(70)59(68)45(10)54(69)29-26-38(3)36-73-66-61(80-63(72)48-24-20-17-21-25-48)60(46(11)57(15-2)77-66)79-62(71)47-22-18-16-19-23-47/h16-25,38-46,49-53,56-61,64-66H,14-15,26-37H2,1-13H3/t38-,39-,40-,41-,42-,43?,44?,45+,46-,49?,50?,51?,52?,53?,56?,57?,58?,59?,60-,61?,64+,65+,66+,67?,68?/m0/s1. The zero-order valence-electron chi connectivity index (χ0n) is 50.9. The Hall–Kier alpha value is -3.52. The van der Waals surface area contributed by atoms with Gasteiger partial charge in [-0.25, -0.2) is 9.59 Å². The van der Waals surface area contributed by atoms with E-state index in [2.05, 4.69) is 62.3 Å². The number of ketones is 2. The smallest absolute Gasteiger partial charge is 0.338 e. The second-order valence-corrected chi connectivity index (χ2v) is 27.4. The molecule has 0 bridgehead atoms. The highest BCUT2D eigenvalue weighted by Crippen LogP contribution is 2.68. The van der Waals surface area contributed by atoms with Crippen LogP contribution in [0.3, 0.4) is 0 Å². The van der Waals surface area contributed by atoms with Crippen molar-refractivity contribution in [1.82, 2.24) is 0 Å². The summed E-state index contributed by atoms with van der Waals surface area (Å²) >= 11 is 0. The fourth-order valence-corrected chi connectivity index (χ4v) is 17.0.